The molecule has 0 spiro atoms. The number of H-pyrrole nitrogens is 6. The molecule has 41 heteroatoms. The number of aromatic nitrogens is 14. The van der Waals surface area contributed by atoms with Crippen LogP contribution in [0.1, 0.15) is 62.6 Å². The number of carbonyl (C=O) groups is 7. The zero-order chi connectivity index (χ0) is 77.5. The second kappa shape index (κ2) is 37.2. The Bertz CT molecular complexity index is 5460. The van der Waals surface area contributed by atoms with Gasteiger partial charge in [-0.2, -0.15) is 0 Å². The number of aromatic hydroxyl groups is 1. The molecule has 0 fully saturated rings. The van der Waals surface area contributed by atoms with Gasteiger partial charge in [0.2, 0.25) is 29.5 Å². The van der Waals surface area contributed by atoms with Gasteiger partial charge in [0.15, 0.2) is 11.2 Å². The number of carbonyl (C=O) groups excluding carboxylic acids is 7. The van der Waals surface area contributed by atoms with Crippen LogP contribution in [0.4, 0.5) is 11.4 Å². The van der Waals surface area contributed by atoms with Crippen LogP contribution in [0.25, 0.3) is 42.9 Å². The molecule has 9 heterocycles. The second-order valence-corrected chi connectivity index (χ2v) is 27.8. The van der Waals surface area contributed by atoms with Crippen LogP contribution >= 0.6 is 0 Å². The average Bonchev–Trinajstić information content (AvgIpc) is 1.44. The van der Waals surface area contributed by atoms with Crippen LogP contribution in [0.5, 0.6) is 5.75 Å². The van der Waals surface area contributed by atoms with Crippen molar-refractivity contribution in [2.45, 2.75) is 106 Å². The number of phenolic OH excluding ortho intramolecular Hbond substituents is 1. The minimum absolute atomic E-state index is 0. The van der Waals surface area contributed by atoms with E-state index >= 15 is 0 Å². The smallest absolute Gasteiger partial charge is 0.568 e. The Morgan fingerprint density at radius 3 is 1.32 bits per heavy atom. The third-order valence-electron chi connectivity index (χ3n) is 17.2. The Morgan fingerprint density at radius 2 is 0.937 bits per heavy atom. The van der Waals surface area contributed by atoms with Gasteiger partial charge in [0, 0.05) is 144 Å². The first kappa shape index (κ1) is 82.7. The number of imidazole rings is 6. The summed E-state index contributed by atoms with van der Waals surface area (Å²) in [5.74, 6) is -5.91. The molecule has 2 aliphatic rings. The summed E-state index contributed by atoms with van der Waals surface area (Å²) in [7, 11) is -7.30. The molecule has 0 saturated heterocycles. The van der Waals surface area contributed by atoms with Crippen molar-refractivity contribution in [1.29, 1.82) is 0 Å². The standard InChI is InChI=1S/C38H48N18O6.C32H22N4O9S2.2Zn/c1-21(57)28(3-22-9-40-15-46-22)52-35(59)30(5-24-11-42-17-48-24)54-37(61)32(7-26-13-44-19-50-26)56-38(62)33(8-27-14-45-20-51-27)55-36(60)31(6-25-12-43-18-49-25)53-34(58)29(39-2)4-23-10-41-16-47-23;1-17-28(37)23(35-46(41,42)25-11-5-7-13-33-25)15-21-27(19-9-3-4-10-20(19)32(39)40)22-16-24(29(38)18(2)31(22)45-30(17)21)36-47(43,44)26-12-6-8-14-34-26;;/h9-20,28-33,39H,3-8H2,1-2H3,(H,40,46)(H,41,47)(H,42,48)(H,43,49)(H,44,50)(H,45,51)(H,52,59)(H,53,58)(H,54,61)(H,55,60)(H,56,62);3-16H,1-2H3,(H,37,38)(H,39,40);;/q;-2;2*+2/p-1. The molecule has 6 atom stereocenters. The molecule has 13 N–H and O–H groups in total. The topological polar surface area (TPSA) is 560 Å². The normalized spacial score (nSPS) is 12.9. The summed E-state index contributed by atoms with van der Waals surface area (Å²) in [6, 6.07) is 9.61. The average molecular weight is 1650 g/mol. The quantitative estimate of drug-likeness (QED) is 0.0212. The number of nitrogens with zero attached hydrogens (tertiary/aromatic N) is 10. The van der Waals surface area contributed by atoms with Crippen molar-refractivity contribution in [2.24, 2.45) is 0 Å². The van der Waals surface area contributed by atoms with E-state index in [-0.39, 0.29) is 138 Å². The number of carboxylic acids is 1. The van der Waals surface area contributed by atoms with Crippen molar-refractivity contribution in [2.75, 3.05) is 7.05 Å². The number of hydrogen-bond acceptors (Lipinski definition) is 24. The number of aromatic amines is 6. The van der Waals surface area contributed by atoms with E-state index in [0.717, 1.165) is 6.07 Å². The Morgan fingerprint density at radius 1 is 0.523 bits per heavy atom. The number of sulfonamides is 2. The minimum atomic E-state index is -4.47. The van der Waals surface area contributed by atoms with E-state index in [0.29, 0.717) is 34.2 Å². The number of amides is 5. The maximum atomic E-state index is 14.4. The van der Waals surface area contributed by atoms with Crippen molar-refractivity contribution in [1.82, 2.24) is 102 Å². The molecular formula is C70H69N22O15S2Zn2+. The van der Waals surface area contributed by atoms with Crippen molar-refractivity contribution in [3.05, 3.63) is 231 Å². The van der Waals surface area contributed by atoms with Gasteiger partial charge < -0.3 is 90.7 Å². The predicted molar refractivity (Wildman–Crippen MR) is 386 cm³/mol. The van der Waals surface area contributed by atoms with Crippen LogP contribution in [0.15, 0.2) is 180 Å². The SMILES string of the molecule is CNC(Cc1c[nH]cn1)C(=O)NC(Cc1cnc[nH]1)C(=O)NC(Cc1cnc[nH]1)C(=O)NC(Cc1cnc[nH]1)C(=O)NC(Cc1cnc[nH]1)C(=O)NC(Cc1c[nH]cn1)C(C)=O.Cc1c2oc3c(C)c(O)c([N-]S(=O)(=O)c4ccccn4)cc3c(-c3ccccc3C(=O)[O-])c-2cc([N-]S(=O)(=O)c2ccccn2)c1=O.[Zn+2].[Zn+2]. The number of fused-ring (bicyclic) bond motifs is 2. The second-order valence-electron chi connectivity index (χ2n) is 24.7. The number of aryl methyl sites for hydroxylation is 1. The number of rotatable bonds is 32. The fourth-order valence-corrected chi connectivity index (χ4v) is 13.5. The summed E-state index contributed by atoms with van der Waals surface area (Å²) in [5.41, 5.74) is 1.27. The molecular weight excluding hydrogens is 1580 g/mol. The molecule has 1 aliphatic heterocycles. The van der Waals surface area contributed by atoms with Crippen LogP contribution in [0.2, 0.25) is 0 Å². The fraction of sp³-hybridized carbons (Fsp3) is 0.229. The van der Waals surface area contributed by atoms with Crippen molar-refractivity contribution in [3.63, 3.8) is 0 Å². The van der Waals surface area contributed by atoms with E-state index in [1.807, 2.05) is 0 Å². The zero-order valence-corrected chi connectivity index (χ0v) is 67.2. The van der Waals surface area contributed by atoms with Gasteiger partial charge in [-0.05, 0) is 57.6 Å². The number of benzene rings is 3. The van der Waals surface area contributed by atoms with Crippen LogP contribution < -0.4 is 42.4 Å². The zero-order valence-electron chi connectivity index (χ0n) is 59.6. The summed E-state index contributed by atoms with van der Waals surface area (Å²) < 4.78 is 66.2. The fourth-order valence-electron chi connectivity index (χ4n) is 11.6. The first-order valence-electron chi connectivity index (χ1n) is 33.2. The van der Waals surface area contributed by atoms with E-state index in [2.05, 4.69) is 111 Å². The number of Topliss-reactive ketones (excluding diaryl/α,β-unsaturated/α-hetero) is 1. The maximum absolute atomic E-state index is 14.4. The van der Waals surface area contributed by atoms with Gasteiger partial charge in [-0.1, -0.05) is 59.9 Å². The van der Waals surface area contributed by atoms with E-state index in [9.17, 15) is 65.4 Å². The molecule has 0 radical (unpaired) electrons. The van der Waals surface area contributed by atoms with Gasteiger partial charge in [-0.25, -0.2) is 56.7 Å². The van der Waals surface area contributed by atoms with Gasteiger partial charge >= 0.3 is 39.0 Å². The van der Waals surface area contributed by atoms with Gasteiger partial charge in [-0.15, -0.1) is 0 Å². The Kier molecular flexibility index (Phi) is 27.7. The van der Waals surface area contributed by atoms with Crippen LogP contribution in [0, 0.1) is 13.8 Å². The third-order valence-corrected chi connectivity index (χ3v) is 19.6. The maximum Gasteiger partial charge on any atom is 2.00 e. The number of phenols is 1. The summed E-state index contributed by atoms with van der Waals surface area (Å²) in [4.78, 5) is 158. The number of ketones is 1. The van der Waals surface area contributed by atoms with Gasteiger partial charge in [-0.3, -0.25) is 33.6 Å². The van der Waals surface area contributed by atoms with Crippen molar-refractivity contribution in [3.8, 4) is 28.2 Å². The minimum Gasteiger partial charge on any atom is -0.568 e. The molecule has 37 nitrogen and oxygen atoms in total. The van der Waals surface area contributed by atoms with Crippen molar-refractivity contribution >= 4 is 83.7 Å². The molecule has 2 aromatic carbocycles. The summed E-state index contributed by atoms with van der Waals surface area (Å²) in [5, 5.41) is 39.4. The van der Waals surface area contributed by atoms with Crippen LogP contribution in [-0.2, 0) is 126 Å². The van der Waals surface area contributed by atoms with Gasteiger partial charge in [0.1, 0.15) is 71.4 Å². The first-order valence-corrected chi connectivity index (χ1v) is 36.1. The van der Waals surface area contributed by atoms with E-state index in [1.54, 1.807) is 25.5 Å². The van der Waals surface area contributed by atoms with E-state index in [1.165, 1.54) is 157 Å². The molecule has 0 bridgehead atoms. The molecule has 6 unspecified atom stereocenters. The third kappa shape index (κ3) is 20.5. The molecule has 564 valence electrons. The summed E-state index contributed by atoms with van der Waals surface area (Å²) >= 11 is 0. The molecule has 1 aliphatic carbocycles. The van der Waals surface area contributed by atoms with Gasteiger partial charge in [0.05, 0.1) is 67.4 Å². The first-order chi connectivity index (χ1) is 52.3. The molecule has 111 heavy (non-hydrogen) atoms. The predicted octanol–water partition coefficient (Wildman–Crippen LogP) is 2.21. The summed E-state index contributed by atoms with van der Waals surface area (Å²) in [6.45, 7) is 4.13. The molecule has 8 aromatic heterocycles. The number of likely N-dealkylation sites (N-methyl/N-ethyl adjacent to an activating group) is 1. The van der Waals surface area contributed by atoms with E-state index < -0.39 is 119 Å². The molecule has 10 aromatic rings. The Hall–Kier alpha value is -12.3. The van der Waals surface area contributed by atoms with Gasteiger partial charge in [0.25, 0.3) is 0 Å². The molecule has 12 rings (SSSR count). The number of carboxylic acid groups (broad SMARTS) is 1. The number of pyridine rings is 2. The number of nitrogens with one attached hydrogen (secondary N) is 12. The summed E-state index contributed by atoms with van der Waals surface area (Å²) in [6.07, 6.45) is 20.4. The van der Waals surface area contributed by atoms with Crippen LogP contribution in [0.3, 0.4) is 0 Å². The monoisotopic (exact) mass is 1650 g/mol. The van der Waals surface area contributed by atoms with Crippen molar-refractivity contribution < 1.29 is 104 Å². The van der Waals surface area contributed by atoms with Crippen LogP contribution in [-0.4, -0.2) is 176 Å². The number of aromatic carboxylic acids is 1. The largest absolute Gasteiger partial charge is 2.00 e. The molecule has 5 amide bonds. The Balaban J connectivity index is 0.000000259. The number of hydrogen-bond donors (Lipinski definition) is 13. The molecule has 0 saturated carbocycles. The van der Waals surface area contributed by atoms with E-state index in [4.69, 9.17) is 4.42 Å². The Labute approximate surface area is 656 Å².